The van der Waals surface area contributed by atoms with Crippen molar-refractivity contribution in [1.82, 2.24) is 9.78 Å². The first-order valence-electron chi connectivity index (χ1n) is 5.15. The number of alkyl halides is 1. The van der Waals surface area contributed by atoms with Crippen LogP contribution in [0.1, 0.15) is 11.3 Å². The molecule has 0 saturated heterocycles. The summed E-state index contributed by atoms with van der Waals surface area (Å²) >= 11 is 9.34. The monoisotopic (exact) mass is 314 g/mol. The fourth-order valence-electron chi connectivity index (χ4n) is 1.49. The zero-order valence-corrected chi connectivity index (χ0v) is 11.7. The van der Waals surface area contributed by atoms with E-state index in [9.17, 15) is 0 Å². The van der Waals surface area contributed by atoms with Gasteiger partial charge < -0.3 is 4.74 Å². The topological polar surface area (TPSA) is 27.1 Å². The third-order valence-electron chi connectivity index (χ3n) is 2.31. The van der Waals surface area contributed by atoms with Crippen molar-refractivity contribution in [3.63, 3.8) is 0 Å². The number of aromatic nitrogens is 2. The smallest absolute Gasteiger partial charge is 0.132 e. The molecule has 0 radical (unpaired) electrons. The van der Waals surface area contributed by atoms with Crippen molar-refractivity contribution >= 4 is 27.5 Å². The lowest BCUT2D eigenvalue weighted by molar-refractivity contribution is 0.298. The molecular weight excluding hydrogens is 304 g/mol. The quantitative estimate of drug-likeness (QED) is 0.807. The van der Waals surface area contributed by atoms with Crippen molar-refractivity contribution < 1.29 is 4.74 Å². The van der Waals surface area contributed by atoms with Gasteiger partial charge in [0.05, 0.1) is 5.69 Å². The molecule has 1 aromatic carbocycles. The van der Waals surface area contributed by atoms with E-state index in [0.717, 1.165) is 17.0 Å². The normalized spacial score (nSPS) is 10.5. The number of hydrogen-bond donors (Lipinski definition) is 0. The van der Waals surface area contributed by atoms with Crippen LogP contribution in [0.3, 0.4) is 0 Å². The third kappa shape index (κ3) is 3.23. The fraction of sp³-hybridized carbons (Fsp3) is 0.250. The summed E-state index contributed by atoms with van der Waals surface area (Å²) in [6.07, 6.45) is 1.89. The molecule has 2 aromatic rings. The summed E-state index contributed by atoms with van der Waals surface area (Å²) in [7, 11) is 1.88. The van der Waals surface area contributed by atoms with Crippen LogP contribution in [-0.4, -0.2) is 9.78 Å². The molecule has 17 heavy (non-hydrogen) atoms. The molecule has 0 unspecified atom stereocenters. The Morgan fingerprint density at radius 1 is 1.41 bits per heavy atom. The Morgan fingerprint density at radius 3 is 2.88 bits per heavy atom. The van der Waals surface area contributed by atoms with Gasteiger partial charge in [0, 0.05) is 29.2 Å². The average molecular weight is 316 g/mol. The van der Waals surface area contributed by atoms with Crippen LogP contribution in [0.2, 0.25) is 5.02 Å². The molecule has 0 aliphatic carbocycles. The number of aryl methyl sites for hydroxylation is 1. The van der Waals surface area contributed by atoms with E-state index in [0.29, 0.717) is 17.0 Å². The van der Waals surface area contributed by atoms with Gasteiger partial charge >= 0.3 is 0 Å². The maximum absolute atomic E-state index is 5.92. The predicted molar refractivity (Wildman–Crippen MR) is 71.6 cm³/mol. The van der Waals surface area contributed by atoms with Crippen molar-refractivity contribution in [1.29, 1.82) is 0 Å². The molecule has 0 aliphatic rings. The van der Waals surface area contributed by atoms with Crippen molar-refractivity contribution in [2.24, 2.45) is 7.05 Å². The first-order chi connectivity index (χ1) is 8.19. The van der Waals surface area contributed by atoms with Crippen molar-refractivity contribution in [3.8, 4) is 5.75 Å². The first kappa shape index (κ1) is 12.5. The number of halogens is 2. The molecule has 90 valence electrons. The van der Waals surface area contributed by atoms with Gasteiger partial charge in [0.1, 0.15) is 12.4 Å². The van der Waals surface area contributed by atoms with Crippen LogP contribution in [0.25, 0.3) is 0 Å². The van der Waals surface area contributed by atoms with E-state index in [1.165, 1.54) is 0 Å². The van der Waals surface area contributed by atoms with Gasteiger partial charge in [-0.2, -0.15) is 5.10 Å². The summed E-state index contributed by atoms with van der Waals surface area (Å²) in [4.78, 5) is 0. The Bertz CT molecular complexity index is 513. The molecule has 0 N–H and O–H groups in total. The number of hydrogen-bond acceptors (Lipinski definition) is 2. The molecule has 2 rings (SSSR count). The number of benzene rings is 1. The van der Waals surface area contributed by atoms with E-state index in [-0.39, 0.29) is 0 Å². The highest BCUT2D eigenvalue weighted by molar-refractivity contribution is 9.08. The molecule has 0 aliphatic heterocycles. The molecule has 0 atom stereocenters. The van der Waals surface area contributed by atoms with Crippen LogP contribution in [0.4, 0.5) is 0 Å². The van der Waals surface area contributed by atoms with E-state index >= 15 is 0 Å². The van der Waals surface area contributed by atoms with Crippen molar-refractivity contribution in [3.05, 3.63) is 46.7 Å². The Balaban J connectivity index is 2.08. The highest BCUT2D eigenvalue weighted by atomic mass is 79.9. The summed E-state index contributed by atoms with van der Waals surface area (Å²) in [6.45, 7) is 0.461. The van der Waals surface area contributed by atoms with Crippen LogP contribution < -0.4 is 4.74 Å². The van der Waals surface area contributed by atoms with Gasteiger partial charge in [0.2, 0.25) is 0 Å². The number of rotatable bonds is 4. The maximum atomic E-state index is 5.92. The largest absolute Gasteiger partial charge is 0.487 e. The van der Waals surface area contributed by atoms with Crippen LogP contribution in [0, 0.1) is 0 Å². The number of ether oxygens (including phenoxy) is 1. The lowest BCUT2D eigenvalue weighted by Gasteiger charge is -2.09. The van der Waals surface area contributed by atoms with Crippen LogP contribution in [-0.2, 0) is 19.0 Å². The Kier molecular flexibility index (Phi) is 4.07. The third-order valence-corrected chi connectivity index (χ3v) is 3.15. The predicted octanol–water partition coefficient (Wildman–Crippen LogP) is 3.55. The Labute approximate surface area is 113 Å². The van der Waals surface area contributed by atoms with E-state index in [2.05, 4.69) is 21.0 Å². The molecular formula is C12H12BrClN2O. The standard InChI is InChI=1S/C12H12BrClN2O/c1-16-5-4-11(15-16)8-17-12-3-2-10(14)6-9(12)7-13/h2-6H,7-8H2,1H3. The first-order valence-corrected chi connectivity index (χ1v) is 6.64. The molecule has 0 saturated carbocycles. The van der Waals surface area contributed by atoms with Crippen molar-refractivity contribution in [2.75, 3.05) is 0 Å². The number of nitrogens with zero attached hydrogens (tertiary/aromatic N) is 2. The molecule has 0 bridgehead atoms. The van der Waals surface area contributed by atoms with E-state index in [1.54, 1.807) is 4.68 Å². The second-order valence-corrected chi connectivity index (χ2v) is 4.65. The maximum Gasteiger partial charge on any atom is 0.132 e. The van der Waals surface area contributed by atoms with Gasteiger partial charge in [-0.05, 0) is 24.3 Å². The highest BCUT2D eigenvalue weighted by Gasteiger charge is 2.05. The van der Waals surface area contributed by atoms with E-state index in [4.69, 9.17) is 16.3 Å². The van der Waals surface area contributed by atoms with Gasteiger partial charge in [-0.25, -0.2) is 0 Å². The summed E-state index contributed by atoms with van der Waals surface area (Å²) < 4.78 is 7.47. The summed E-state index contributed by atoms with van der Waals surface area (Å²) in [5.74, 6) is 0.830. The minimum Gasteiger partial charge on any atom is -0.487 e. The minimum absolute atomic E-state index is 0.461. The molecule has 3 nitrogen and oxygen atoms in total. The lowest BCUT2D eigenvalue weighted by Crippen LogP contribution is -1.99. The Hall–Kier alpha value is -1.000. The van der Waals surface area contributed by atoms with E-state index in [1.807, 2.05) is 37.5 Å². The molecule has 0 fully saturated rings. The van der Waals surface area contributed by atoms with E-state index < -0.39 is 0 Å². The fourth-order valence-corrected chi connectivity index (χ4v) is 2.12. The molecule has 1 heterocycles. The molecule has 5 heteroatoms. The zero-order valence-electron chi connectivity index (χ0n) is 9.36. The lowest BCUT2D eigenvalue weighted by atomic mass is 10.2. The molecule has 0 amide bonds. The van der Waals surface area contributed by atoms with Gasteiger partial charge in [-0.15, -0.1) is 0 Å². The van der Waals surface area contributed by atoms with Gasteiger partial charge in [0.25, 0.3) is 0 Å². The van der Waals surface area contributed by atoms with Gasteiger partial charge in [-0.1, -0.05) is 27.5 Å². The van der Waals surface area contributed by atoms with Crippen LogP contribution >= 0.6 is 27.5 Å². The van der Waals surface area contributed by atoms with Crippen molar-refractivity contribution in [2.45, 2.75) is 11.9 Å². The van der Waals surface area contributed by atoms with Crippen LogP contribution in [0.5, 0.6) is 5.75 Å². The van der Waals surface area contributed by atoms with Gasteiger partial charge in [0.15, 0.2) is 0 Å². The summed E-state index contributed by atoms with van der Waals surface area (Å²) in [5, 5.41) is 5.68. The molecule has 1 aromatic heterocycles. The highest BCUT2D eigenvalue weighted by Crippen LogP contribution is 2.25. The zero-order chi connectivity index (χ0) is 12.3. The Morgan fingerprint density at radius 2 is 2.24 bits per heavy atom. The van der Waals surface area contributed by atoms with Gasteiger partial charge in [-0.3, -0.25) is 4.68 Å². The second kappa shape index (κ2) is 5.56. The second-order valence-electron chi connectivity index (χ2n) is 3.66. The average Bonchev–Trinajstić information content (AvgIpc) is 2.73. The van der Waals surface area contributed by atoms with Crippen LogP contribution in [0.15, 0.2) is 30.5 Å². The summed E-state index contributed by atoms with van der Waals surface area (Å²) in [6, 6.07) is 7.52. The minimum atomic E-state index is 0.461. The summed E-state index contributed by atoms with van der Waals surface area (Å²) in [5.41, 5.74) is 1.94. The molecule has 0 spiro atoms. The SMILES string of the molecule is Cn1ccc(COc2ccc(Cl)cc2CBr)n1.